The van der Waals surface area contributed by atoms with Crippen molar-refractivity contribution in [1.29, 1.82) is 0 Å². The zero-order valence-corrected chi connectivity index (χ0v) is 20.4. The van der Waals surface area contributed by atoms with Crippen molar-refractivity contribution in [3.63, 3.8) is 0 Å². The zero-order valence-electron chi connectivity index (χ0n) is 19.7. The van der Waals surface area contributed by atoms with Crippen molar-refractivity contribution in [3.05, 3.63) is 41.9 Å². The van der Waals surface area contributed by atoms with E-state index >= 15 is 0 Å². The van der Waals surface area contributed by atoms with Crippen LogP contribution in [0, 0.1) is 0 Å². The number of ether oxygens (including phenoxy) is 1. The van der Waals surface area contributed by atoms with Crippen LogP contribution in [0.15, 0.2) is 36.8 Å². The minimum atomic E-state index is -0.0588. The molecule has 7 nitrogen and oxygen atoms in total. The molecule has 0 amide bonds. The van der Waals surface area contributed by atoms with Gasteiger partial charge in [0, 0.05) is 30.2 Å². The standard InChI is InChI=1S/C13H9ClN4O.C6H12.C4H9NO.C2H6/c14-12-11(19)4-8(5-16-12)7-1-2-10-9(3-7)13(15)18-6-17-10;1-2-4-6-5-3-1;1-3-6-4-2-5-1;1-2/h1-6,19H,(H2,15,17,18);1-6H2;5H,1-4H2;1-2H3. The minimum absolute atomic E-state index is 0.0588. The molecule has 33 heavy (non-hydrogen) atoms. The molecule has 1 saturated carbocycles. The molecule has 0 atom stereocenters. The van der Waals surface area contributed by atoms with Crippen LogP contribution in [0.3, 0.4) is 0 Å². The van der Waals surface area contributed by atoms with Gasteiger partial charge in [-0.3, -0.25) is 0 Å². The van der Waals surface area contributed by atoms with Crippen LogP contribution in [0.5, 0.6) is 5.75 Å². The fraction of sp³-hybridized carbons (Fsp3) is 0.480. The number of aromatic hydroxyl groups is 1. The average molecular weight is 474 g/mol. The van der Waals surface area contributed by atoms with Gasteiger partial charge in [-0.2, -0.15) is 0 Å². The molecule has 1 aliphatic carbocycles. The van der Waals surface area contributed by atoms with Gasteiger partial charge in [0.15, 0.2) is 10.9 Å². The first kappa shape index (κ1) is 26.8. The first-order valence-electron chi connectivity index (χ1n) is 11.8. The van der Waals surface area contributed by atoms with Crippen LogP contribution >= 0.6 is 11.6 Å². The van der Waals surface area contributed by atoms with Crippen LogP contribution in [0.25, 0.3) is 22.0 Å². The molecule has 8 heteroatoms. The van der Waals surface area contributed by atoms with E-state index < -0.39 is 0 Å². The molecule has 4 N–H and O–H groups in total. The van der Waals surface area contributed by atoms with E-state index in [1.807, 2.05) is 32.0 Å². The number of nitrogens with two attached hydrogens (primary N) is 1. The van der Waals surface area contributed by atoms with E-state index in [2.05, 4.69) is 20.3 Å². The van der Waals surface area contributed by atoms with E-state index in [0.717, 1.165) is 48.3 Å². The quantitative estimate of drug-likeness (QED) is 0.394. The molecule has 3 heterocycles. The highest BCUT2D eigenvalue weighted by molar-refractivity contribution is 6.30. The summed E-state index contributed by atoms with van der Waals surface area (Å²) in [7, 11) is 0. The molecule has 0 radical (unpaired) electrons. The Balaban J connectivity index is 0.000000224. The number of hydrogen-bond donors (Lipinski definition) is 3. The third kappa shape index (κ3) is 9.12. The average Bonchev–Trinajstić information content (AvgIpc) is 2.90. The van der Waals surface area contributed by atoms with Crippen LogP contribution in [-0.4, -0.2) is 46.4 Å². The Morgan fingerprint density at radius 2 is 1.55 bits per heavy atom. The van der Waals surface area contributed by atoms with Gasteiger partial charge in [0.2, 0.25) is 0 Å². The molecule has 180 valence electrons. The predicted octanol–water partition coefficient (Wildman–Crippen LogP) is 5.61. The topological polar surface area (TPSA) is 106 Å². The molecule has 1 saturated heterocycles. The number of aromatic nitrogens is 3. The maximum absolute atomic E-state index is 9.59. The molecule has 2 aliphatic rings. The summed E-state index contributed by atoms with van der Waals surface area (Å²) in [6, 6.07) is 7.12. The van der Waals surface area contributed by atoms with E-state index in [4.69, 9.17) is 22.1 Å². The lowest BCUT2D eigenvalue weighted by Crippen LogP contribution is -2.30. The summed E-state index contributed by atoms with van der Waals surface area (Å²) >= 11 is 5.69. The van der Waals surface area contributed by atoms with E-state index in [1.54, 1.807) is 12.3 Å². The Hall–Kier alpha value is -2.48. The number of nitrogen functional groups attached to an aromatic ring is 1. The van der Waals surface area contributed by atoms with Gasteiger partial charge in [-0.1, -0.05) is 70.0 Å². The van der Waals surface area contributed by atoms with E-state index in [0.29, 0.717) is 5.82 Å². The summed E-state index contributed by atoms with van der Waals surface area (Å²) in [5.41, 5.74) is 8.18. The van der Waals surface area contributed by atoms with Crippen molar-refractivity contribution < 1.29 is 9.84 Å². The normalized spacial score (nSPS) is 15.1. The third-order valence-corrected chi connectivity index (χ3v) is 5.46. The summed E-state index contributed by atoms with van der Waals surface area (Å²) in [5.74, 6) is 0.356. The second kappa shape index (κ2) is 15.4. The number of benzene rings is 1. The molecule has 0 unspecified atom stereocenters. The molecule has 1 aromatic carbocycles. The molecule has 0 spiro atoms. The van der Waals surface area contributed by atoms with Gasteiger partial charge in [0.1, 0.15) is 12.1 Å². The SMILES string of the molecule is C1CCCCC1.C1COCCN1.CC.Nc1ncnc2ccc(-c3cnc(Cl)c(O)c3)cc12. The van der Waals surface area contributed by atoms with E-state index in [-0.39, 0.29) is 10.9 Å². The molecule has 3 aromatic rings. The fourth-order valence-corrected chi connectivity index (χ4v) is 3.53. The maximum Gasteiger partial charge on any atom is 0.170 e. The molecule has 5 rings (SSSR count). The van der Waals surface area contributed by atoms with Crippen molar-refractivity contribution in [1.82, 2.24) is 20.3 Å². The van der Waals surface area contributed by atoms with Crippen molar-refractivity contribution in [2.45, 2.75) is 52.4 Å². The van der Waals surface area contributed by atoms with Gasteiger partial charge in [-0.25, -0.2) is 15.0 Å². The number of pyridine rings is 1. The van der Waals surface area contributed by atoms with Crippen LogP contribution in [0.4, 0.5) is 5.82 Å². The number of hydrogen-bond acceptors (Lipinski definition) is 7. The van der Waals surface area contributed by atoms with Crippen molar-refractivity contribution in [2.24, 2.45) is 0 Å². The zero-order chi connectivity index (χ0) is 23.9. The van der Waals surface area contributed by atoms with Gasteiger partial charge < -0.3 is 20.9 Å². The Morgan fingerprint density at radius 3 is 2.06 bits per heavy atom. The van der Waals surface area contributed by atoms with Gasteiger partial charge in [-0.05, 0) is 23.8 Å². The summed E-state index contributed by atoms with van der Waals surface area (Å²) < 4.78 is 5.01. The highest BCUT2D eigenvalue weighted by Gasteiger charge is 2.07. The number of nitrogens with zero attached hydrogens (tertiary/aromatic N) is 3. The first-order valence-corrected chi connectivity index (χ1v) is 12.2. The smallest absolute Gasteiger partial charge is 0.170 e. The highest BCUT2D eigenvalue weighted by atomic mass is 35.5. The van der Waals surface area contributed by atoms with Gasteiger partial charge >= 0.3 is 0 Å². The van der Waals surface area contributed by atoms with E-state index in [1.165, 1.54) is 44.9 Å². The lowest BCUT2D eigenvalue weighted by Gasteiger charge is -2.10. The summed E-state index contributed by atoms with van der Waals surface area (Å²) in [4.78, 5) is 12.0. The van der Waals surface area contributed by atoms with Crippen LogP contribution in [0.1, 0.15) is 52.4 Å². The number of nitrogens with one attached hydrogen (secondary N) is 1. The fourth-order valence-electron chi connectivity index (χ4n) is 3.43. The first-order chi connectivity index (χ1) is 16.1. The second-order valence-electron chi connectivity index (χ2n) is 7.51. The van der Waals surface area contributed by atoms with Crippen LogP contribution in [0.2, 0.25) is 5.15 Å². The second-order valence-corrected chi connectivity index (χ2v) is 7.87. The summed E-state index contributed by atoms with van der Waals surface area (Å²) in [6.45, 7) is 7.83. The Morgan fingerprint density at radius 1 is 0.909 bits per heavy atom. The van der Waals surface area contributed by atoms with Crippen molar-refractivity contribution in [3.8, 4) is 16.9 Å². The molecular formula is C25H36ClN5O2. The largest absolute Gasteiger partial charge is 0.505 e. The molecule has 1 aliphatic heterocycles. The Kier molecular flexibility index (Phi) is 12.5. The van der Waals surface area contributed by atoms with Crippen LogP contribution < -0.4 is 11.1 Å². The van der Waals surface area contributed by atoms with Crippen LogP contribution in [-0.2, 0) is 4.74 Å². The number of rotatable bonds is 1. The summed E-state index contributed by atoms with van der Waals surface area (Å²) in [6.07, 6.45) is 12.0. The number of morpholine rings is 1. The lowest BCUT2D eigenvalue weighted by molar-refractivity contribution is 0.109. The number of halogens is 1. The van der Waals surface area contributed by atoms with Crippen molar-refractivity contribution >= 4 is 28.3 Å². The lowest BCUT2D eigenvalue weighted by atomic mass is 10.0. The molecule has 0 bridgehead atoms. The summed E-state index contributed by atoms with van der Waals surface area (Å²) in [5, 5.41) is 13.6. The van der Waals surface area contributed by atoms with E-state index in [9.17, 15) is 5.11 Å². The number of fused-ring (bicyclic) bond motifs is 1. The Bertz CT molecular complexity index is 928. The highest BCUT2D eigenvalue weighted by Crippen LogP contribution is 2.29. The molecule has 2 fully saturated rings. The third-order valence-electron chi connectivity index (χ3n) is 5.17. The van der Waals surface area contributed by atoms with Gasteiger partial charge in [0.05, 0.1) is 18.7 Å². The Labute approximate surface area is 201 Å². The van der Waals surface area contributed by atoms with Gasteiger partial charge in [0.25, 0.3) is 0 Å². The predicted molar refractivity (Wildman–Crippen MR) is 137 cm³/mol. The van der Waals surface area contributed by atoms with Gasteiger partial charge in [-0.15, -0.1) is 0 Å². The molecule has 2 aromatic heterocycles. The molecular weight excluding hydrogens is 438 g/mol. The number of anilines is 1. The van der Waals surface area contributed by atoms with Crippen molar-refractivity contribution in [2.75, 3.05) is 32.0 Å². The maximum atomic E-state index is 9.59. The monoisotopic (exact) mass is 473 g/mol. The minimum Gasteiger partial charge on any atom is -0.505 e.